The topological polar surface area (TPSA) is 101 Å². The standard InChI is InChI=1S/C19H16ClNO5S2/c1-13-11-18(22)19(27(23,24)15-5-3-2-4-6-15)12-17(13)21-28(25,26)16-9-7-14(20)8-10-16/h2-12,21-22H,1H3. The van der Waals surface area contributed by atoms with E-state index >= 15 is 0 Å². The number of sulfone groups is 1. The Bertz CT molecular complexity index is 1220. The number of anilines is 1. The van der Waals surface area contributed by atoms with Gasteiger partial charge in [-0.3, -0.25) is 4.72 Å². The number of rotatable bonds is 5. The number of phenolic OH excluding ortho intramolecular Hbond substituents is 1. The van der Waals surface area contributed by atoms with Crippen molar-refractivity contribution >= 4 is 37.1 Å². The summed E-state index contributed by atoms with van der Waals surface area (Å²) in [5.41, 5.74) is 0.407. The third-order valence-electron chi connectivity index (χ3n) is 4.02. The Morgan fingerprint density at radius 1 is 0.857 bits per heavy atom. The predicted octanol–water partition coefficient (Wildman–Crippen LogP) is 3.99. The number of phenols is 1. The van der Waals surface area contributed by atoms with E-state index in [1.165, 1.54) is 42.5 Å². The summed E-state index contributed by atoms with van der Waals surface area (Å²) in [4.78, 5) is -0.435. The van der Waals surface area contributed by atoms with Crippen LogP contribution in [0.1, 0.15) is 5.56 Å². The number of hydrogen-bond acceptors (Lipinski definition) is 5. The van der Waals surface area contributed by atoms with Crippen LogP contribution in [0.3, 0.4) is 0 Å². The van der Waals surface area contributed by atoms with E-state index in [9.17, 15) is 21.9 Å². The van der Waals surface area contributed by atoms with Gasteiger partial charge < -0.3 is 5.11 Å². The second-order valence-electron chi connectivity index (χ2n) is 6.01. The van der Waals surface area contributed by atoms with Gasteiger partial charge in [-0.2, -0.15) is 0 Å². The normalized spacial score (nSPS) is 11.9. The number of aryl methyl sites for hydroxylation is 1. The molecule has 0 unspecified atom stereocenters. The summed E-state index contributed by atoms with van der Waals surface area (Å²) in [7, 11) is -8.01. The average molecular weight is 438 g/mol. The molecule has 3 aromatic rings. The maximum absolute atomic E-state index is 12.8. The molecular formula is C19H16ClNO5S2. The summed E-state index contributed by atoms with van der Waals surface area (Å²) < 4.78 is 53.3. The first-order valence-corrected chi connectivity index (χ1v) is 11.4. The van der Waals surface area contributed by atoms with Gasteiger partial charge in [-0.15, -0.1) is 0 Å². The molecule has 28 heavy (non-hydrogen) atoms. The zero-order valence-corrected chi connectivity index (χ0v) is 17.0. The van der Waals surface area contributed by atoms with Crippen molar-refractivity contribution in [2.45, 2.75) is 21.6 Å². The molecule has 0 radical (unpaired) electrons. The zero-order chi connectivity index (χ0) is 20.5. The highest BCUT2D eigenvalue weighted by Crippen LogP contribution is 2.34. The third-order valence-corrected chi connectivity index (χ3v) is 7.45. The van der Waals surface area contributed by atoms with Gasteiger partial charge in [0.2, 0.25) is 9.84 Å². The molecule has 0 aliphatic heterocycles. The van der Waals surface area contributed by atoms with Gasteiger partial charge in [0.15, 0.2) is 0 Å². The molecule has 3 rings (SSSR count). The monoisotopic (exact) mass is 437 g/mol. The lowest BCUT2D eigenvalue weighted by molar-refractivity contribution is 0.458. The SMILES string of the molecule is Cc1cc(O)c(S(=O)(=O)c2ccccc2)cc1NS(=O)(=O)c1ccc(Cl)cc1. The lowest BCUT2D eigenvalue weighted by atomic mass is 10.2. The number of sulfonamides is 1. The van der Waals surface area contributed by atoms with E-state index in [1.54, 1.807) is 25.1 Å². The van der Waals surface area contributed by atoms with Gasteiger partial charge in [-0.1, -0.05) is 29.8 Å². The van der Waals surface area contributed by atoms with Crippen LogP contribution in [0.15, 0.2) is 81.4 Å². The smallest absolute Gasteiger partial charge is 0.261 e. The molecule has 9 heteroatoms. The van der Waals surface area contributed by atoms with Crippen LogP contribution in [-0.2, 0) is 19.9 Å². The molecule has 0 atom stereocenters. The van der Waals surface area contributed by atoms with Crippen LogP contribution in [0.2, 0.25) is 5.02 Å². The molecular weight excluding hydrogens is 422 g/mol. The fourth-order valence-corrected chi connectivity index (χ4v) is 5.17. The van der Waals surface area contributed by atoms with Crippen molar-refractivity contribution < 1.29 is 21.9 Å². The van der Waals surface area contributed by atoms with Crippen molar-refractivity contribution in [3.63, 3.8) is 0 Å². The number of nitrogens with one attached hydrogen (secondary N) is 1. The van der Waals surface area contributed by atoms with Crippen LogP contribution >= 0.6 is 11.6 Å². The van der Waals surface area contributed by atoms with Crippen molar-refractivity contribution in [1.82, 2.24) is 0 Å². The van der Waals surface area contributed by atoms with Gasteiger partial charge >= 0.3 is 0 Å². The van der Waals surface area contributed by atoms with Crippen LogP contribution in [0.25, 0.3) is 0 Å². The van der Waals surface area contributed by atoms with E-state index in [0.29, 0.717) is 10.6 Å². The third kappa shape index (κ3) is 3.99. The van der Waals surface area contributed by atoms with Crippen LogP contribution in [0, 0.1) is 6.92 Å². The predicted molar refractivity (Wildman–Crippen MR) is 107 cm³/mol. The minimum Gasteiger partial charge on any atom is -0.507 e. The summed E-state index contributed by atoms with van der Waals surface area (Å²) in [5, 5.41) is 10.6. The Kier molecular flexibility index (Phi) is 5.38. The molecule has 0 fully saturated rings. The number of hydrogen-bond donors (Lipinski definition) is 2. The zero-order valence-electron chi connectivity index (χ0n) is 14.6. The van der Waals surface area contributed by atoms with Gasteiger partial charge in [0.25, 0.3) is 10.0 Å². The maximum atomic E-state index is 12.8. The Morgan fingerprint density at radius 3 is 2.07 bits per heavy atom. The van der Waals surface area contributed by atoms with Crippen molar-refractivity contribution in [2.24, 2.45) is 0 Å². The Labute approximate surface area is 168 Å². The minimum atomic E-state index is -4.04. The van der Waals surface area contributed by atoms with Crippen molar-refractivity contribution in [2.75, 3.05) is 4.72 Å². The number of aromatic hydroxyl groups is 1. The van der Waals surface area contributed by atoms with Crippen molar-refractivity contribution in [3.05, 3.63) is 77.3 Å². The van der Waals surface area contributed by atoms with Crippen molar-refractivity contribution in [3.8, 4) is 5.75 Å². The van der Waals surface area contributed by atoms with Gasteiger partial charge in [0, 0.05) is 5.02 Å². The van der Waals surface area contributed by atoms with Gasteiger partial charge in [-0.25, -0.2) is 16.8 Å². The minimum absolute atomic E-state index is 0.0133. The Balaban J connectivity index is 2.06. The fraction of sp³-hybridized carbons (Fsp3) is 0.0526. The molecule has 0 aliphatic carbocycles. The summed E-state index contributed by atoms with van der Waals surface area (Å²) in [6.45, 7) is 1.55. The van der Waals surface area contributed by atoms with E-state index in [2.05, 4.69) is 4.72 Å². The van der Waals surface area contributed by atoms with Gasteiger partial charge in [0.05, 0.1) is 15.5 Å². The van der Waals surface area contributed by atoms with Crippen molar-refractivity contribution in [1.29, 1.82) is 0 Å². The highest BCUT2D eigenvalue weighted by Gasteiger charge is 2.24. The molecule has 0 aliphatic rings. The first kappa shape index (κ1) is 20.2. The van der Waals surface area contributed by atoms with E-state index in [1.807, 2.05) is 0 Å². The first-order valence-electron chi connectivity index (χ1n) is 8.03. The molecule has 0 bridgehead atoms. The lowest BCUT2D eigenvalue weighted by Gasteiger charge is -2.14. The van der Waals surface area contributed by atoms with Crippen LogP contribution in [0.5, 0.6) is 5.75 Å². The molecule has 146 valence electrons. The summed E-state index contributed by atoms with van der Waals surface area (Å²) in [6, 6.07) is 15.4. The molecule has 0 saturated carbocycles. The van der Waals surface area contributed by atoms with Crippen LogP contribution in [-0.4, -0.2) is 21.9 Å². The maximum Gasteiger partial charge on any atom is 0.261 e. The van der Waals surface area contributed by atoms with E-state index in [-0.39, 0.29) is 15.5 Å². The highest BCUT2D eigenvalue weighted by atomic mass is 35.5. The average Bonchev–Trinajstić information content (AvgIpc) is 2.65. The molecule has 6 nitrogen and oxygen atoms in total. The second-order valence-corrected chi connectivity index (χ2v) is 10.0. The lowest BCUT2D eigenvalue weighted by Crippen LogP contribution is -2.14. The quantitative estimate of drug-likeness (QED) is 0.588. The highest BCUT2D eigenvalue weighted by molar-refractivity contribution is 7.93. The van der Waals surface area contributed by atoms with Crippen LogP contribution < -0.4 is 4.72 Å². The molecule has 0 amide bonds. The van der Waals surface area contributed by atoms with Crippen LogP contribution in [0.4, 0.5) is 5.69 Å². The summed E-state index contributed by atoms with van der Waals surface area (Å²) in [5.74, 6) is -0.462. The van der Waals surface area contributed by atoms with E-state index in [0.717, 1.165) is 6.07 Å². The summed E-state index contributed by atoms with van der Waals surface area (Å²) >= 11 is 5.78. The molecule has 3 aromatic carbocycles. The molecule has 0 spiro atoms. The van der Waals surface area contributed by atoms with Gasteiger partial charge in [-0.05, 0) is 61.0 Å². The molecule has 2 N–H and O–H groups in total. The largest absolute Gasteiger partial charge is 0.507 e. The number of halogens is 1. The second kappa shape index (κ2) is 7.46. The molecule has 0 aromatic heterocycles. The first-order chi connectivity index (χ1) is 13.1. The molecule has 0 saturated heterocycles. The molecule has 0 heterocycles. The summed E-state index contributed by atoms with van der Waals surface area (Å²) in [6.07, 6.45) is 0. The van der Waals surface area contributed by atoms with E-state index in [4.69, 9.17) is 11.6 Å². The Morgan fingerprint density at radius 2 is 1.46 bits per heavy atom. The Hall–Kier alpha value is -2.55. The fourth-order valence-electron chi connectivity index (χ4n) is 2.54. The van der Waals surface area contributed by atoms with E-state index < -0.39 is 30.5 Å². The number of benzene rings is 3. The van der Waals surface area contributed by atoms with Gasteiger partial charge in [0.1, 0.15) is 10.6 Å².